The highest BCUT2D eigenvalue weighted by Crippen LogP contribution is 2.15. The van der Waals surface area contributed by atoms with E-state index < -0.39 is 0 Å². The minimum Gasteiger partial charge on any atom is -0.373 e. The molecule has 0 atom stereocenters. The first-order valence-electron chi connectivity index (χ1n) is 6.71. The quantitative estimate of drug-likeness (QED) is 0.805. The standard InChI is InChI=1S/C17H22N2/c1-15-8-7-11-17(14-15)19(3)13-12-18(2)16-9-5-4-6-10-16/h4-11,14H,12-13H2,1-3H3. The zero-order chi connectivity index (χ0) is 13.7. The Balaban J connectivity index is 1.92. The van der Waals surface area contributed by atoms with E-state index in [0.717, 1.165) is 13.1 Å². The van der Waals surface area contributed by atoms with Crippen molar-refractivity contribution in [2.75, 3.05) is 37.0 Å². The molecule has 0 N–H and O–H groups in total. The molecular formula is C17H22N2. The minimum atomic E-state index is 1.01. The topological polar surface area (TPSA) is 6.48 Å². The highest BCUT2D eigenvalue weighted by atomic mass is 15.2. The van der Waals surface area contributed by atoms with Crippen LogP contribution < -0.4 is 9.80 Å². The van der Waals surface area contributed by atoms with Crippen molar-refractivity contribution in [1.82, 2.24) is 0 Å². The Kier molecular flexibility index (Phi) is 4.45. The summed E-state index contributed by atoms with van der Waals surface area (Å²) in [6.07, 6.45) is 0. The summed E-state index contributed by atoms with van der Waals surface area (Å²) in [5.74, 6) is 0. The van der Waals surface area contributed by atoms with Crippen LogP contribution in [0.1, 0.15) is 5.56 Å². The fourth-order valence-electron chi connectivity index (χ4n) is 2.11. The van der Waals surface area contributed by atoms with Crippen molar-refractivity contribution in [3.63, 3.8) is 0 Å². The monoisotopic (exact) mass is 254 g/mol. The molecule has 0 fully saturated rings. The van der Waals surface area contributed by atoms with E-state index in [2.05, 4.69) is 85.4 Å². The first kappa shape index (κ1) is 13.5. The van der Waals surface area contributed by atoms with Crippen LogP contribution in [-0.4, -0.2) is 27.2 Å². The average molecular weight is 254 g/mol. The molecular weight excluding hydrogens is 232 g/mol. The van der Waals surface area contributed by atoms with Crippen molar-refractivity contribution >= 4 is 11.4 Å². The van der Waals surface area contributed by atoms with Crippen LogP contribution in [0.15, 0.2) is 54.6 Å². The number of nitrogens with zero attached hydrogens (tertiary/aromatic N) is 2. The lowest BCUT2D eigenvalue weighted by Gasteiger charge is -2.25. The Morgan fingerprint density at radius 3 is 1.95 bits per heavy atom. The van der Waals surface area contributed by atoms with Gasteiger partial charge in [0, 0.05) is 38.6 Å². The Labute approximate surface area is 116 Å². The van der Waals surface area contributed by atoms with Crippen molar-refractivity contribution in [3.8, 4) is 0 Å². The molecule has 0 bridgehead atoms. The van der Waals surface area contributed by atoms with E-state index in [4.69, 9.17) is 0 Å². The van der Waals surface area contributed by atoms with Crippen LogP contribution in [0.5, 0.6) is 0 Å². The molecule has 0 aromatic heterocycles. The van der Waals surface area contributed by atoms with Gasteiger partial charge >= 0.3 is 0 Å². The van der Waals surface area contributed by atoms with E-state index >= 15 is 0 Å². The van der Waals surface area contributed by atoms with Crippen LogP contribution in [0.2, 0.25) is 0 Å². The van der Waals surface area contributed by atoms with Gasteiger partial charge < -0.3 is 9.80 Å². The minimum absolute atomic E-state index is 1.01. The van der Waals surface area contributed by atoms with Gasteiger partial charge in [0.25, 0.3) is 0 Å². The summed E-state index contributed by atoms with van der Waals surface area (Å²) in [4.78, 5) is 4.58. The van der Waals surface area contributed by atoms with Gasteiger partial charge in [-0.2, -0.15) is 0 Å². The number of likely N-dealkylation sites (N-methyl/N-ethyl adjacent to an activating group) is 2. The zero-order valence-electron chi connectivity index (χ0n) is 12.0. The molecule has 2 nitrogen and oxygen atoms in total. The maximum absolute atomic E-state index is 2.30. The SMILES string of the molecule is Cc1cccc(N(C)CCN(C)c2ccccc2)c1. The Bertz CT molecular complexity index is 508. The summed E-state index contributed by atoms with van der Waals surface area (Å²) in [5.41, 5.74) is 3.85. The maximum Gasteiger partial charge on any atom is 0.0366 e. The first-order chi connectivity index (χ1) is 9.16. The second-order valence-corrected chi connectivity index (χ2v) is 5.02. The summed E-state index contributed by atoms with van der Waals surface area (Å²) in [7, 11) is 4.28. The molecule has 2 rings (SSSR count). The summed E-state index contributed by atoms with van der Waals surface area (Å²) >= 11 is 0. The zero-order valence-corrected chi connectivity index (χ0v) is 12.0. The van der Waals surface area contributed by atoms with Crippen LogP contribution in [0.4, 0.5) is 11.4 Å². The summed E-state index contributed by atoms with van der Waals surface area (Å²) < 4.78 is 0. The molecule has 0 amide bonds. The van der Waals surface area contributed by atoms with Gasteiger partial charge in [0.1, 0.15) is 0 Å². The van der Waals surface area contributed by atoms with Crippen molar-refractivity contribution in [3.05, 3.63) is 60.2 Å². The fourth-order valence-corrected chi connectivity index (χ4v) is 2.11. The molecule has 2 heteroatoms. The van der Waals surface area contributed by atoms with E-state index in [1.165, 1.54) is 16.9 Å². The molecule has 0 aliphatic rings. The van der Waals surface area contributed by atoms with E-state index in [1.807, 2.05) is 0 Å². The third-order valence-corrected chi connectivity index (χ3v) is 3.41. The number of hydrogen-bond acceptors (Lipinski definition) is 2. The van der Waals surface area contributed by atoms with Crippen LogP contribution in [0.3, 0.4) is 0 Å². The third-order valence-electron chi connectivity index (χ3n) is 3.41. The van der Waals surface area contributed by atoms with Crippen LogP contribution in [0.25, 0.3) is 0 Å². The van der Waals surface area contributed by atoms with E-state index in [1.54, 1.807) is 0 Å². The lowest BCUT2D eigenvalue weighted by atomic mass is 10.2. The fraction of sp³-hybridized carbons (Fsp3) is 0.294. The highest BCUT2D eigenvalue weighted by molar-refractivity contribution is 5.49. The highest BCUT2D eigenvalue weighted by Gasteiger charge is 2.04. The molecule has 2 aromatic carbocycles. The normalized spacial score (nSPS) is 10.3. The molecule has 0 saturated carbocycles. The first-order valence-corrected chi connectivity index (χ1v) is 6.71. The van der Waals surface area contributed by atoms with Gasteiger partial charge in [-0.25, -0.2) is 0 Å². The third kappa shape index (κ3) is 3.75. The molecule has 0 aliphatic heterocycles. The number of para-hydroxylation sites is 1. The van der Waals surface area contributed by atoms with Gasteiger partial charge in [0.2, 0.25) is 0 Å². The van der Waals surface area contributed by atoms with Gasteiger partial charge in [0.05, 0.1) is 0 Å². The van der Waals surface area contributed by atoms with E-state index in [-0.39, 0.29) is 0 Å². The van der Waals surface area contributed by atoms with Gasteiger partial charge in [-0.05, 0) is 36.8 Å². The van der Waals surface area contributed by atoms with Crippen LogP contribution in [0, 0.1) is 6.92 Å². The lowest BCUT2D eigenvalue weighted by molar-refractivity contribution is 0.833. The van der Waals surface area contributed by atoms with E-state index in [0.29, 0.717) is 0 Å². The van der Waals surface area contributed by atoms with Gasteiger partial charge in [-0.1, -0.05) is 30.3 Å². The lowest BCUT2D eigenvalue weighted by Crippen LogP contribution is -2.30. The Hall–Kier alpha value is -1.96. The smallest absolute Gasteiger partial charge is 0.0366 e. The number of aryl methyl sites for hydroxylation is 1. The van der Waals surface area contributed by atoms with Crippen molar-refractivity contribution in [2.24, 2.45) is 0 Å². The second kappa shape index (κ2) is 6.28. The molecule has 19 heavy (non-hydrogen) atoms. The number of rotatable bonds is 5. The Morgan fingerprint density at radius 1 is 0.737 bits per heavy atom. The molecule has 0 radical (unpaired) electrons. The molecule has 0 heterocycles. The molecule has 0 spiro atoms. The molecule has 100 valence electrons. The summed E-state index contributed by atoms with van der Waals surface area (Å²) in [6, 6.07) is 19.1. The number of benzene rings is 2. The molecule has 2 aromatic rings. The van der Waals surface area contributed by atoms with E-state index in [9.17, 15) is 0 Å². The summed E-state index contributed by atoms with van der Waals surface area (Å²) in [5, 5.41) is 0. The predicted molar refractivity (Wildman–Crippen MR) is 84.2 cm³/mol. The number of hydrogen-bond donors (Lipinski definition) is 0. The number of anilines is 2. The van der Waals surface area contributed by atoms with Gasteiger partial charge in [-0.15, -0.1) is 0 Å². The maximum atomic E-state index is 2.30. The molecule has 0 saturated heterocycles. The van der Waals surface area contributed by atoms with Crippen molar-refractivity contribution in [2.45, 2.75) is 6.92 Å². The Morgan fingerprint density at radius 2 is 1.32 bits per heavy atom. The van der Waals surface area contributed by atoms with Gasteiger partial charge in [0.15, 0.2) is 0 Å². The van der Waals surface area contributed by atoms with Crippen molar-refractivity contribution < 1.29 is 0 Å². The molecule has 0 unspecified atom stereocenters. The van der Waals surface area contributed by atoms with Crippen LogP contribution in [-0.2, 0) is 0 Å². The average Bonchev–Trinajstić information content (AvgIpc) is 2.45. The van der Waals surface area contributed by atoms with Crippen LogP contribution >= 0.6 is 0 Å². The largest absolute Gasteiger partial charge is 0.373 e. The summed E-state index contributed by atoms with van der Waals surface area (Å²) in [6.45, 7) is 4.15. The van der Waals surface area contributed by atoms with Crippen molar-refractivity contribution in [1.29, 1.82) is 0 Å². The molecule has 0 aliphatic carbocycles. The second-order valence-electron chi connectivity index (χ2n) is 5.02. The van der Waals surface area contributed by atoms with Gasteiger partial charge in [-0.3, -0.25) is 0 Å². The predicted octanol–water partition coefficient (Wildman–Crippen LogP) is 3.57.